The van der Waals surface area contributed by atoms with Gasteiger partial charge in [-0.15, -0.1) is 0 Å². The van der Waals surface area contributed by atoms with Gasteiger partial charge < -0.3 is 18.9 Å². The van der Waals surface area contributed by atoms with E-state index < -0.39 is 11.7 Å². The van der Waals surface area contributed by atoms with Gasteiger partial charge in [0.05, 0.1) is 12.2 Å². The molecule has 1 saturated heterocycles. The van der Waals surface area contributed by atoms with Crippen LogP contribution in [0.1, 0.15) is 41.0 Å². The summed E-state index contributed by atoms with van der Waals surface area (Å²) in [6.07, 6.45) is -0.419. The van der Waals surface area contributed by atoms with Crippen LogP contribution in [0.25, 0.3) is 0 Å². The van der Waals surface area contributed by atoms with Gasteiger partial charge in [0.1, 0.15) is 5.60 Å². The molecule has 5 heteroatoms. The minimum atomic E-state index is -0.594. The highest BCUT2D eigenvalue weighted by Crippen LogP contribution is 2.34. The summed E-state index contributed by atoms with van der Waals surface area (Å²) >= 11 is 0. The minimum Gasteiger partial charge on any atom is -0.457 e. The van der Waals surface area contributed by atoms with Crippen LogP contribution >= 0.6 is 0 Å². The lowest BCUT2D eigenvalue weighted by Gasteiger charge is -2.45. The summed E-state index contributed by atoms with van der Waals surface area (Å²) in [7, 11) is 1.61. The molecule has 0 N–H and O–H groups in total. The van der Waals surface area contributed by atoms with E-state index in [0.29, 0.717) is 6.42 Å². The average Bonchev–Trinajstić information content (AvgIpc) is 2.22. The first-order valence-electron chi connectivity index (χ1n) is 6.31. The van der Waals surface area contributed by atoms with Crippen molar-refractivity contribution in [2.75, 3.05) is 7.11 Å². The van der Waals surface area contributed by atoms with E-state index in [4.69, 9.17) is 18.9 Å². The average molecular weight is 260 g/mol. The second kappa shape index (κ2) is 5.99. The predicted octanol–water partition coefficient (Wildman–Crippen LogP) is 1.88. The zero-order valence-corrected chi connectivity index (χ0v) is 12.1. The summed E-state index contributed by atoms with van der Waals surface area (Å²) in [4.78, 5) is 11.2. The van der Waals surface area contributed by atoms with Crippen molar-refractivity contribution in [1.82, 2.24) is 0 Å². The van der Waals surface area contributed by atoms with Crippen LogP contribution in [0.3, 0.4) is 0 Å². The number of methoxy groups -OCH3 is 1. The molecule has 1 fully saturated rings. The molecule has 0 aromatic rings. The molecule has 0 saturated carbocycles. The first-order valence-corrected chi connectivity index (χ1v) is 6.31. The third-order valence-corrected chi connectivity index (χ3v) is 3.15. The Kier molecular flexibility index (Phi) is 5.13. The van der Waals surface area contributed by atoms with Gasteiger partial charge in [-0.25, -0.2) is 0 Å². The number of hydrogen-bond acceptors (Lipinski definition) is 5. The Hall–Kier alpha value is -0.650. The molecule has 106 valence electrons. The Morgan fingerprint density at radius 3 is 2.50 bits per heavy atom. The van der Waals surface area contributed by atoms with Crippen molar-refractivity contribution in [2.24, 2.45) is 0 Å². The van der Waals surface area contributed by atoms with Crippen LogP contribution in [-0.4, -0.2) is 43.3 Å². The highest BCUT2D eigenvalue weighted by molar-refractivity contribution is 5.66. The first-order chi connectivity index (χ1) is 8.28. The quantitative estimate of drug-likeness (QED) is 0.722. The molecule has 0 aliphatic carbocycles. The van der Waals surface area contributed by atoms with E-state index in [-0.39, 0.29) is 24.5 Å². The number of hydrogen-bond donors (Lipinski definition) is 0. The number of carbonyl (C=O) groups is 1. The Bertz CT molecular complexity index is 291. The maximum atomic E-state index is 11.2. The van der Waals surface area contributed by atoms with Crippen LogP contribution in [0.2, 0.25) is 0 Å². The van der Waals surface area contributed by atoms with Crippen molar-refractivity contribution < 1.29 is 23.7 Å². The Labute approximate surface area is 109 Å². The normalized spacial score (nSPS) is 36.7. The maximum Gasteiger partial charge on any atom is 0.303 e. The zero-order chi connectivity index (χ0) is 13.9. The van der Waals surface area contributed by atoms with Gasteiger partial charge in [-0.2, -0.15) is 0 Å². The van der Waals surface area contributed by atoms with Crippen LogP contribution in [0.5, 0.6) is 0 Å². The van der Waals surface area contributed by atoms with Gasteiger partial charge >= 0.3 is 5.97 Å². The molecule has 5 nitrogen and oxygen atoms in total. The van der Waals surface area contributed by atoms with Crippen molar-refractivity contribution in [2.45, 2.75) is 71.2 Å². The number of rotatable bonds is 4. The fraction of sp³-hybridized carbons (Fsp3) is 0.923. The summed E-state index contributed by atoms with van der Waals surface area (Å²) in [5.41, 5.74) is -0.594. The third kappa shape index (κ3) is 3.67. The summed E-state index contributed by atoms with van der Waals surface area (Å²) in [5.74, 6) is -0.332. The van der Waals surface area contributed by atoms with Gasteiger partial charge in [0.15, 0.2) is 12.4 Å². The van der Waals surface area contributed by atoms with Crippen molar-refractivity contribution in [3.05, 3.63) is 0 Å². The van der Waals surface area contributed by atoms with Gasteiger partial charge in [-0.05, 0) is 27.7 Å². The van der Waals surface area contributed by atoms with Crippen LogP contribution in [0.4, 0.5) is 0 Å². The minimum absolute atomic E-state index is 0.0774. The molecule has 0 aromatic heterocycles. The molecule has 1 aliphatic rings. The van der Waals surface area contributed by atoms with Gasteiger partial charge in [-0.3, -0.25) is 4.79 Å². The van der Waals surface area contributed by atoms with E-state index >= 15 is 0 Å². The van der Waals surface area contributed by atoms with Gasteiger partial charge in [-0.1, -0.05) is 0 Å². The fourth-order valence-corrected chi connectivity index (χ4v) is 2.28. The fourth-order valence-electron chi connectivity index (χ4n) is 2.28. The largest absolute Gasteiger partial charge is 0.457 e. The SMILES string of the molecule is COC1(C)CC(OC(C)C)OC(C)C1OC(C)=O. The highest BCUT2D eigenvalue weighted by atomic mass is 16.7. The predicted molar refractivity (Wildman–Crippen MR) is 66.1 cm³/mol. The molecule has 0 spiro atoms. The Morgan fingerprint density at radius 1 is 1.44 bits per heavy atom. The van der Waals surface area contributed by atoms with E-state index in [0.717, 1.165) is 0 Å². The molecule has 18 heavy (non-hydrogen) atoms. The van der Waals surface area contributed by atoms with Gasteiger partial charge in [0.2, 0.25) is 0 Å². The topological polar surface area (TPSA) is 54.0 Å². The summed E-state index contributed by atoms with van der Waals surface area (Å²) in [6, 6.07) is 0. The van der Waals surface area contributed by atoms with E-state index in [1.54, 1.807) is 7.11 Å². The summed E-state index contributed by atoms with van der Waals surface area (Å²) in [5, 5.41) is 0. The van der Waals surface area contributed by atoms with E-state index in [1.807, 2.05) is 27.7 Å². The second-order valence-corrected chi connectivity index (χ2v) is 5.21. The van der Waals surface area contributed by atoms with Crippen molar-refractivity contribution in [3.63, 3.8) is 0 Å². The lowest BCUT2D eigenvalue weighted by atomic mass is 9.88. The molecule has 0 amide bonds. The lowest BCUT2D eigenvalue weighted by molar-refractivity contribution is -0.288. The first kappa shape index (κ1) is 15.4. The van der Waals surface area contributed by atoms with Crippen LogP contribution in [0.15, 0.2) is 0 Å². The summed E-state index contributed by atoms with van der Waals surface area (Å²) in [6.45, 7) is 9.07. The van der Waals surface area contributed by atoms with Crippen molar-refractivity contribution in [1.29, 1.82) is 0 Å². The molecule has 4 unspecified atom stereocenters. The van der Waals surface area contributed by atoms with E-state index in [9.17, 15) is 4.79 Å². The van der Waals surface area contributed by atoms with Crippen molar-refractivity contribution >= 4 is 5.97 Å². The number of ether oxygens (including phenoxy) is 4. The van der Waals surface area contributed by atoms with Gasteiger partial charge in [0, 0.05) is 20.5 Å². The Morgan fingerprint density at radius 2 is 2.06 bits per heavy atom. The molecule has 0 radical (unpaired) electrons. The molecule has 1 aliphatic heterocycles. The standard InChI is InChI=1S/C13H24O5/c1-8(2)16-11-7-13(5,15-6)12(9(3)17-11)18-10(4)14/h8-9,11-12H,7H2,1-6H3. The lowest BCUT2D eigenvalue weighted by Crippen LogP contribution is -2.58. The molecular formula is C13H24O5. The second-order valence-electron chi connectivity index (χ2n) is 5.21. The van der Waals surface area contributed by atoms with E-state index in [2.05, 4.69) is 0 Å². The maximum absolute atomic E-state index is 11.2. The zero-order valence-electron chi connectivity index (χ0n) is 12.1. The highest BCUT2D eigenvalue weighted by Gasteiger charge is 2.48. The number of esters is 1. The Balaban J connectivity index is 2.80. The molecule has 0 bridgehead atoms. The molecular weight excluding hydrogens is 236 g/mol. The molecule has 1 heterocycles. The van der Waals surface area contributed by atoms with Crippen LogP contribution < -0.4 is 0 Å². The van der Waals surface area contributed by atoms with E-state index in [1.165, 1.54) is 6.92 Å². The van der Waals surface area contributed by atoms with Crippen LogP contribution in [-0.2, 0) is 23.7 Å². The van der Waals surface area contributed by atoms with Crippen LogP contribution in [0, 0.1) is 0 Å². The molecule has 4 atom stereocenters. The molecule has 1 rings (SSSR count). The third-order valence-electron chi connectivity index (χ3n) is 3.15. The van der Waals surface area contributed by atoms with Gasteiger partial charge in [0.25, 0.3) is 0 Å². The number of carbonyl (C=O) groups excluding carboxylic acids is 1. The van der Waals surface area contributed by atoms with Crippen molar-refractivity contribution in [3.8, 4) is 0 Å². The summed E-state index contributed by atoms with van der Waals surface area (Å²) < 4.78 is 22.3. The smallest absolute Gasteiger partial charge is 0.303 e. The monoisotopic (exact) mass is 260 g/mol. The molecule has 0 aromatic carbocycles.